The topological polar surface area (TPSA) is 111 Å². The molecule has 1 unspecified atom stereocenters. The lowest BCUT2D eigenvalue weighted by Gasteiger charge is -2.17. The first-order valence-electron chi connectivity index (χ1n) is 4.82. The number of rotatable bonds is 1. The van der Waals surface area contributed by atoms with E-state index < -0.39 is 6.29 Å². The van der Waals surface area contributed by atoms with Gasteiger partial charge in [-0.15, -0.1) is 20.4 Å². The van der Waals surface area contributed by atoms with Gasteiger partial charge in [-0.25, -0.2) is 9.99 Å². The molecule has 2 heterocycles. The van der Waals surface area contributed by atoms with Gasteiger partial charge in [0.25, 0.3) is 11.5 Å². The van der Waals surface area contributed by atoms with Gasteiger partial charge in [0.15, 0.2) is 0 Å². The van der Waals surface area contributed by atoms with Crippen LogP contribution in [0.1, 0.15) is 32.8 Å². The highest BCUT2D eigenvalue weighted by Gasteiger charge is 2.28. The first kappa shape index (κ1) is 10.8. The highest BCUT2D eigenvalue weighted by molar-refractivity contribution is 5.20. The second-order valence-electron chi connectivity index (χ2n) is 4.53. The summed E-state index contributed by atoms with van der Waals surface area (Å²) in [4.78, 5) is 12.1. The van der Waals surface area contributed by atoms with Crippen molar-refractivity contribution in [1.82, 2.24) is 20.2 Å². The van der Waals surface area contributed by atoms with E-state index in [0.717, 1.165) is 0 Å². The van der Waals surface area contributed by atoms with Gasteiger partial charge in [-0.3, -0.25) is 10.6 Å². The van der Waals surface area contributed by atoms with E-state index in [0.29, 0.717) is 5.69 Å². The zero-order valence-corrected chi connectivity index (χ0v) is 9.30. The number of fused-ring (bicyclic) bond motifs is 1. The second kappa shape index (κ2) is 3.42. The van der Waals surface area contributed by atoms with Crippen LogP contribution in [0.25, 0.3) is 0 Å². The minimum atomic E-state index is -0.695. The first-order chi connectivity index (χ1) is 7.45. The molecule has 0 saturated heterocycles. The number of nitrogens with zero attached hydrogens (tertiary/aromatic N) is 5. The van der Waals surface area contributed by atoms with Gasteiger partial charge in [0.05, 0.1) is 0 Å². The van der Waals surface area contributed by atoms with Crippen molar-refractivity contribution in [2.45, 2.75) is 32.5 Å². The summed E-state index contributed by atoms with van der Waals surface area (Å²) in [6.45, 7) is 5.67. The molecule has 8 heteroatoms. The van der Waals surface area contributed by atoms with Gasteiger partial charge in [-0.1, -0.05) is 20.8 Å². The molecule has 1 aliphatic heterocycles. The Bertz CT molecular complexity index is 498. The Balaban J connectivity index is 2.63. The van der Waals surface area contributed by atoms with Crippen molar-refractivity contribution in [2.24, 2.45) is 16.1 Å². The standard InChI is InChI=1S/C8H13N7O/c1-8(2,3)4-5(16)15-6(10-9)12-14-7(15)13-11-4/h6,10H,9H2,1-3H3. The van der Waals surface area contributed by atoms with Crippen LogP contribution in [0.2, 0.25) is 0 Å². The van der Waals surface area contributed by atoms with Crippen LogP contribution in [0.4, 0.5) is 5.95 Å². The van der Waals surface area contributed by atoms with Gasteiger partial charge in [0.2, 0.25) is 6.29 Å². The average Bonchev–Trinajstić information content (AvgIpc) is 2.60. The fourth-order valence-corrected chi connectivity index (χ4v) is 1.42. The van der Waals surface area contributed by atoms with Gasteiger partial charge in [-0.2, -0.15) is 0 Å². The van der Waals surface area contributed by atoms with E-state index in [9.17, 15) is 4.79 Å². The van der Waals surface area contributed by atoms with Gasteiger partial charge in [-0.05, 0) is 0 Å². The quantitative estimate of drug-likeness (QED) is 0.512. The molecule has 86 valence electrons. The number of hydrogen-bond donors (Lipinski definition) is 2. The third-order valence-corrected chi connectivity index (χ3v) is 2.24. The lowest BCUT2D eigenvalue weighted by atomic mass is 9.93. The van der Waals surface area contributed by atoms with Crippen molar-refractivity contribution in [1.29, 1.82) is 0 Å². The van der Waals surface area contributed by atoms with E-state index in [1.165, 1.54) is 4.57 Å². The molecule has 3 N–H and O–H groups in total. The van der Waals surface area contributed by atoms with Crippen molar-refractivity contribution in [2.75, 3.05) is 0 Å². The Morgan fingerprint density at radius 1 is 1.38 bits per heavy atom. The van der Waals surface area contributed by atoms with E-state index >= 15 is 0 Å². The molecule has 1 aromatic heterocycles. The van der Waals surface area contributed by atoms with Gasteiger partial charge in [0, 0.05) is 5.41 Å². The Morgan fingerprint density at radius 2 is 2.06 bits per heavy atom. The molecule has 0 radical (unpaired) electrons. The molecule has 0 aromatic carbocycles. The van der Waals surface area contributed by atoms with Crippen LogP contribution < -0.4 is 16.8 Å². The molecule has 1 aliphatic rings. The zero-order valence-electron chi connectivity index (χ0n) is 9.30. The summed E-state index contributed by atoms with van der Waals surface area (Å²) < 4.78 is 1.29. The van der Waals surface area contributed by atoms with E-state index in [1.54, 1.807) is 0 Å². The first-order valence-corrected chi connectivity index (χ1v) is 4.82. The van der Waals surface area contributed by atoms with Crippen molar-refractivity contribution in [3.05, 3.63) is 16.0 Å². The normalized spacial score (nSPS) is 18.9. The minimum absolute atomic E-state index is 0.168. The summed E-state index contributed by atoms with van der Waals surface area (Å²) in [5.41, 5.74) is 2.09. The van der Waals surface area contributed by atoms with Crippen molar-refractivity contribution < 1.29 is 0 Å². The minimum Gasteiger partial charge on any atom is -0.268 e. The third-order valence-electron chi connectivity index (χ3n) is 2.24. The maximum absolute atomic E-state index is 12.1. The lowest BCUT2D eigenvalue weighted by molar-refractivity contribution is 0.419. The molecule has 2 rings (SSSR count). The number of nitrogens with two attached hydrogens (primary N) is 1. The number of hydrazine groups is 1. The summed E-state index contributed by atoms with van der Waals surface area (Å²) >= 11 is 0. The molecule has 16 heavy (non-hydrogen) atoms. The molecular weight excluding hydrogens is 210 g/mol. The Hall–Kier alpha value is -1.67. The predicted octanol–water partition coefficient (Wildman–Crippen LogP) is -0.0475. The second-order valence-corrected chi connectivity index (χ2v) is 4.53. The zero-order chi connectivity index (χ0) is 11.9. The summed E-state index contributed by atoms with van der Waals surface area (Å²) in [7, 11) is 0. The molecule has 0 spiro atoms. The number of aromatic nitrogens is 3. The monoisotopic (exact) mass is 223 g/mol. The van der Waals surface area contributed by atoms with Crippen molar-refractivity contribution >= 4 is 5.95 Å². The van der Waals surface area contributed by atoms with Crippen LogP contribution in [-0.2, 0) is 5.41 Å². The van der Waals surface area contributed by atoms with Crippen molar-refractivity contribution in [3.63, 3.8) is 0 Å². The van der Waals surface area contributed by atoms with E-state index in [-0.39, 0.29) is 16.9 Å². The SMILES string of the molecule is CC(C)(C)c1nnc2n(c1=O)C(NN)N=N2. The maximum Gasteiger partial charge on any atom is 0.280 e. The highest BCUT2D eigenvalue weighted by Crippen LogP contribution is 2.23. The molecule has 0 aliphatic carbocycles. The molecule has 1 aromatic rings. The van der Waals surface area contributed by atoms with E-state index in [1.807, 2.05) is 20.8 Å². The highest BCUT2D eigenvalue weighted by atomic mass is 16.1. The van der Waals surface area contributed by atoms with Crippen LogP contribution >= 0.6 is 0 Å². The summed E-state index contributed by atoms with van der Waals surface area (Å²) in [6.07, 6.45) is -0.695. The fraction of sp³-hybridized carbons (Fsp3) is 0.625. The molecule has 0 bridgehead atoms. The summed E-state index contributed by atoms with van der Waals surface area (Å²) in [5.74, 6) is 5.43. The predicted molar refractivity (Wildman–Crippen MR) is 55.9 cm³/mol. The summed E-state index contributed by atoms with van der Waals surface area (Å²) in [5, 5.41) is 15.2. The largest absolute Gasteiger partial charge is 0.280 e. The van der Waals surface area contributed by atoms with Crippen LogP contribution in [0.15, 0.2) is 15.0 Å². The molecule has 1 atom stereocenters. The Kier molecular flexibility index (Phi) is 2.32. The smallest absolute Gasteiger partial charge is 0.268 e. The lowest BCUT2D eigenvalue weighted by Crippen LogP contribution is -2.39. The molecule has 0 fully saturated rings. The Labute approximate surface area is 91.6 Å². The van der Waals surface area contributed by atoms with E-state index in [4.69, 9.17) is 5.84 Å². The van der Waals surface area contributed by atoms with Gasteiger partial charge >= 0.3 is 0 Å². The summed E-state index contributed by atoms with van der Waals surface area (Å²) in [6, 6.07) is 0. The maximum atomic E-state index is 12.1. The third kappa shape index (κ3) is 1.51. The average molecular weight is 223 g/mol. The van der Waals surface area contributed by atoms with Crippen LogP contribution in [0.5, 0.6) is 0 Å². The Morgan fingerprint density at radius 3 is 2.62 bits per heavy atom. The molecule has 0 amide bonds. The van der Waals surface area contributed by atoms with Gasteiger partial charge in [0.1, 0.15) is 5.69 Å². The fourth-order valence-electron chi connectivity index (χ4n) is 1.42. The van der Waals surface area contributed by atoms with Crippen LogP contribution in [0.3, 0.4) is 0 Å². The molecular formula is C8H13N7O. The number of azo groups is 1. The number of hydrogen-bond acceptors (Lipinski definition) is 7. The van der Waals surface area contributed by atoms with E-state index in [2.05, 4.69) is 25.9 Å². The van der Waals surface area contributed by atoms with Crippen molar-refractivity contribution in [3.8, 4) is 0 Å². The van der Waals surface area contributed by atoms with Crippen LogP contribution in [0, 0.1) is 0 Å². The molecule has 0 saturated carbocycles. The van der Waals surface area contributed by atoms with Crippen LogP contribution in [-0.4, -0.2) is 14.8 Å². The van der Waals surface area contributed by atoms with Gasteiger partial charge < -0.3 is 0 Å². The number of nitrogens with one attached hydrogen (secondary N) is 1. The molecule has 8 nitrogen and oxygen atoms in total.